The first-order valence-corrected chi connectivity index (χ1v) is 14.4. The van der Waals surface area contributed by atoms with Gasteiger partial charge in [-0.15, -0.1) is 0 Å². The van der Waals surface area contributed by atoms with Crippen molar-refractivity contribution in [2.75, 3.05) is 31.1 Å². The molecule has 1 aliphatic heterocycles. The van der Waals surface area contributed by atoms with E-state index in [2.05, 4.69) is 30.9 Å². The van der Waals surface area contributed by atoms with E-state index in [0.29, 0.717) is 30.6 Å². The van der Waals surface area contributed by atoms with Crippen LogP contribution >= 0.6 is 11.6 Å². The maximum absolute atomic E-state index is 13.7. The number of hydrogen-bond acceptors (Lipinski definition) is 5. The normalized spacial score (nSPS) is 14.3. The second kappa shape index (κ2) is 11.3. The van der Waals surface area contributed by atoms with Crippen LogP contribution in [0.2, 0.25) is 5.02 Å². The Hall–Kier alpha value is -3.97. The average molecular weight is 553 g/mol. The first-order valence-electron chi connectivity index (χ1n) is 14.0. The average Bonchev–Trinajstić information content (AvgIpc) is 3.24. The van der Waals surface area contributed by atoms with Crippen molar-refractivity contribution in [1.82, 2.24) is 24.6 Å². The SMILES string of the molecule is CC(C)CCc1nc(N2CCCN(C(=O)c3cccc4ccccc34)CC2)c2cnn(-c3cccc(Cl)c3)c2n1. The molecule has 0 saturated carbocycles. The fourth-order valence-corrected chi connectivity index (χ4v) is 5.60. The van der Waals surface area contributed by atoms with E-state index in [4.69, 9.17) is 26.7 Å². The molecule has 0 unspecified atom stereocenters. The number of nitrogens with zero attached hydrogens (tertiary/aromatic N) is 6. The maximum Gasteiger partial charge on any atom is 0.254 e. The molecule has 1 amide bonds. The Morgan fingerprint density at radius 2 is 1.75 bits per heavy atom. The Bertz CT molecular complexity index is 1670. The van der Waals surface area contributed by atoms with Crippen molar-refractivity contribution in [3.05, 3.63) is 89.3 Å². The molecule has 1 saturated heterocycles. The molecule has 40 heavy (non-hydrogen) atoms. The number of amides is 1. The largest absolute Gasteiger partial charge is 0.354 e. The van der Waals surface area contributed by atoms with Crippen LogP contribution in [0.3, 0.4) is 0 Å². The number of carbonyl (C=O) groups is 1. The van der Waals surface area contributed by atoms with Gasteiger partial charge in [-0.1, -0.05) is 67.9 Å². The Morgan fingerprint density at radius 1 is 0.925 bits per heavy atom. The van der Waals surface area contributed by atoms with Gasteiger partial charge in [0.1, 0.15) is 11.6 Å². The van der Waals surface area contributed by atoms with Gasteiger partial charge < -0.3 is 9.80 Å². The first-order chi connectivity index (χ1) is 19.5. The van der Waals surface area contributed by atoms with Gasteiger partial charge in [0.2, 0.25) is 0 Å². The zero-order valence-corrected chi connectivity index (χ0v) is 23.7. The molecular formula is C32H33ClN6O. The van der Waals surface area contributed by atoms with E-state index >= 15 is 0 Å². The van der Waals surface area contributed by atoms with Crippen LogP contribution < -0.4 is 4.90 Å². The third-order valence-corrected chi connectivity index (χ3v) is 7.79. The Balaban J connectivity index is 1.32. The first kappa shape index (κ1) is 26.3. The van der Waals surface area contributed by atoms with Crippen molar-refractivity contribution in [3.63, 3.8) is 0 Å². The Morgan fingerprint density at radius 3 is 2.60 bits per heavy atom. The zero-order valence-electron chi connectivity index (χ0n) is 22.9. The number of aromatic nitrogens is 4. The van der Waals surface area contributed by atoms with Gasteiger partial charge in [-0.25, -0.2) is 14.6 Å². The quantitative estimate of drug-likeness (QED) is 0.238. The van der Waals surface area contributed by atoms with E-state index in [1.165, 1.54) is 0 Å². The van der Waals surface area contributed by atoms with Gasteiger partial charge in [0.25, 0.3) is 5.91 Å². The van der Waals surface area contributed by atoms with Gasteiger partial charge in [-0.05, 0) is 53.8 Å². The van der Waals surface area contributed by atoms with E-state index in [0.717, 1.165) is 70.5 Å². The standard InChI is InChI=1S/C32H33ClN6O/c1-22(2)14-15-29-35-30(28-21-34-39(31(28)36-29)25-11-6-10-24(33)20-25)37-16-7-17-38(19-18-37)32(40)27-13-5-9-23-8-3-4-12-26(23)27/h3-6,8-13,20-22H,7,14-19H2,1-2H3. The Kier molecular flexibility index (Phi) is 7.39. The van der Waals surface area contributed by atoms with E-state index < -0.39 is 0 Å². The van der Waals surface area contributed by atoms with Crippen LogP contribution in [0.1, 0.15) is 42.9 Å². The summed E-state index contributed by atoms with van der Waals surface area (Å²) >= 11 is 6.30. The summed E-state index contributed by atoms with van der Waals surface area (Å²) in [6.07, 6.45) is 4.50. The molecule has 0 radical (unpaired) electrons. The summed E-state index contributed by atoms with van der Waals surface area (Å²) in [5, 5.41) is 8.33. The van der Waals surface area contributed by atoms with Crippen LogP contribution in [0.25, 0.3) is 27.5 Å². The molecule has 0 aliphatic carbocycles. The van der Waals surface area contributed by atoms with E-state index in [1.54, 1.807) is 0 Å². The van der Waals surface area contributed by atoms with Crippen molar-refractivity contribution in [2.45, 2.75) is 33.1 Å². The molecule has 2 aromatic heterocycles. The maximum atomic E-state index is 13.7. The van der Waals surface area contributed by atoms with Crippen LogP contribution in [-0.2, 0) is 6.42 Å². The second-order valence-corrected chi connectivity index (χ2v) is 11.3. The molecule has 5 aromatic rings. The number of rotatable bonds is 6. The monoisotopic (exact) mass is 552 g/mol. The number of anilines is 1. The van der Waals surface area contributed by atoms with Crippen molar-refractivity contribution in [2.24, 2.45) is 5.92 Å². The van der Waals surface area contributed by atoms with E-state index in [9.17, 15) is 4.79 Å². The number of hydrogen-bond donors (Lipinski definition) is 0. The molecular weight excluding hydrogens is 520 g/mol. The number of benzene rings is 3. The topological polar surface area (TPSA) is 67.2 Å². The number of halogens is 1. The highest BCUT2D eigenvalue weighted by atomic mass is 35.5. The molecule has 204 valence electrons. The van der Waals surface area contributed by atoms with Crippen LogP contribution in [0.4, 0.5) is 5.82 Å². The summed E-state index contributed by atoms with van der Waals surface area (Å²) in [6, 6.07) is 21.7. The lowest BCUT2D eigenvalue weighted by atomic mass is 10.0. The van der Waals surface area contributed by atoms with Crippen LogP contribution in [0.5, 0.6) is 0 Å². The highest BCUT2D eigenvalue weighted by Crippen LogP contribution is 2.29. The van der Waals surface area contributed by atoms with E-state index in [-0.39, 0.29) is 5.91 Å². The predicted octanol–water partition coefficient (Wildman–Crippen LogP) is 6.56. The van der Waals surface area contributed by atoms with Gasteiger partial charge in [0, 0.05) is 43.2 Å². The van der Waals surface area contributed by atoms with Gasteiger partial charge in [-0.2, -0.15) is 5.10 Å². The molecule has 8 heteroatoms. The molecule has 3 aromatic carbocycles. The summed E-state index contributed by atoms with van der Waals surface area (Å²) in [5.74, 6) is 2.33. The van der Waals surface area contributed by atoms with Gasteiger partial charge in [-0.3, -0.25) is 4.79 Å². The second-order valence-electron chi connectivity index (χ2n) is 10.8. The smallest absolute Gasteiger partial charge is 0.254 e. The zero-order chi connectivity index (χ0) is 27.6. The lowest BCUT2D eigenvalue weighted by Crippen LogP contribution is -2.35. The molecule has 7 nitrogen and oxygen atoms in total. The predicted molar refractivity (Wildman–Crippen MR) is 162 cm³/mol. The number of carbonyl (C=O) groups excluding carboxylic acids is 1. The lowest BCUT2D eigenvalue weighted by molar-refractivity contribution is 0.0769. The van der Waals surface area contributed by atoms with E-state index in [1.807, 2.05) is 70.4 Å². The minimum atomic E-state index is 0.0814. The molecule has 1 fully saturated rings. The molecule has 0 atom stereocenters. The summed E-state index contributed by atoms with van der Waals surface area (Å²) in [6.45, 7) is 7.25. The fraction of sp³-hybridized carbons (Fsp3) is 0.312. The van der Waals surface area contributed by atoms with Crippen molar-refractivity contribution >= 4 is 45.1 Å². The fourth-order valence-electron chi connectivity index (χ4n) is 5.42. The third-order valence-electron chi connectivity index (χ3n) is 7.56. The number of fused-ring (bicyclic) bond motifs is 2. The summed E-state index contributed by atoms with van der Waals surface area (Å²) in [7, 11) is 0. The molecule has 0 spiro atoms. The van der Waals surface area contributed by atoms with Gasteiger partial charge >= 0.3 is 0 Å². The summed E-state index contributed by atoms with van der Waals surface area (Å²) in [4.78, 5) is 28.0. The highest BCUT2D eigenvalue weighted by Gasteiger charge is 2.25. The van der Waals surface area contributed by atoms with Gasteiger partial charge in [0.05, 0.1) is 17.3 Å². The molecule has 3 heterocycles. The minimum absolute atomic E-state index is 0.0814. The molecule has 0 bridgehead atoms. The summed E-state index contributed by atoms with van der Waals surface area (Å²) < 4.78 is 1.85. The van der Waals surface area contributed by atoms with Crippen LogP contribution in [0, 0.1) is 5.92 Å². The van der Waals surface area contributed by atoms with Crippen molar-refractivity contribution < 1.29 is 4.79 Å². The molecule has 0 N–H and O–H groups in total. The minimum Gasteiger partial charge on any atom is -0.354 e. The van der Waals surface area contributed by atoms with Crippen molar-refractivity contribution in [3.8, 4) is 5.69 Å². The number of aryl methyl sites for hydroxylation is 1. The van der Waals surface area contributed by atoms with Crippen molar-refractivity contribution in [1.29, 1.82) is 0 Å². The third kappa shape index (κ3) is 5.26. The van der Waals surface area contributed by atoms with Gasteiger partial charge in [0.15, 0.2) is 5.65 Å². The lowest BCUT2D eigenvalue weighted by Gasteiger charge is -2.24. The summed E-state index contributed by atoms with van der Waals surface area (Å²) in [5.41, 5.74) is 2.40. The van der Waals surface area contributed by atoms with Crippen LogP contribution in [0.15, 0.2) is 72.9 Å². The highest BCUT2D eigenvalue weighted by molar-refractivity contribution is 6.30. The van der Waals surface area contributed by atoms with Crippen LogP contribution in [-0.4, -0.2) is 56.7 Å². The molecule has 6 rings (SSSR count). The Labute approximate surface area is 239 Å². The molecule has 1 aliphatic rings.